The van der Waals surface area contributed by atoms with Crippen LogP contribution in [-0.4, -0.2) is 72.1 Å². The largest absolute Gasteiger partial charge is 0.462 e. The zero-order valence-corrected chi connectivity index (χ0v) is 19.8. The third kappa shape index (κ3) is 6.14. The first-order chi connectivity index (χ1) is 16.3. The number of alkyl halides is 2. The second-order valence-corrected chi connectivity index (χ2v) is 10.5. The van der Waals surface area contributed by atoms with Crippen LogP contribution >= 0.6 is 0 Å². The molecule has 4 N–H and O–H groups in total. The smallest absolute Gasteiger partial charge is 0.343 e. The van der Waals surface area contributed by atoms with Crippen molar-refractivity contribution in [3.8, 4) is 16.9 Å². The number of sulfone groups is 1. The molecular weight excluding hydrogens is 488 g/mol. The van der Waals surface area contributed by atoms with Crippen molar-refractivity contribution < 1.29 is 46.8 Å². The maximum atomic E-state index is 13.5. The van der Waals surface area contributed by atoms with Crippen molar-refractivity contribution in [2.45, 2.75) is 55.5 Å². The van der Waals surface area contributed by atoms with E-state index in [1.54, 1.807) is 30.3 Å². The van der Waals surface area contributed by atoms with E-state index in [-0.39, 0.29) is 11.3 Å². The molecule has 0 bridgehead atoms. The number of hydrogen-bond donors (Lipinski definition) is 4. The van der Waals surface area contributed by atoms with Gasteiger partial charge in [0.25, 0.3) is 0 Å². The quantitative estimate of drug-likeness (QED) is 0.411. The Morgan fingerprint density at radius 1 is 1.14 bits per heavy atom. The first kappa shape index (κ1) is 27.0. The number of ether oxygens (including phenoxy) is 2. The van der Waals surface area contributed by atoms with Crippen molar-refractivity contribution in [1.29, 1.82) is 0 Å². The number of carbonyl (C=O) groups is 1. The summed E-state index contributed by atoms with van der Waals surface area (Å²) in [6, 6.07) is 11.3. The fourth-order valence-electron chi connectivity index (χ4n) is 3.68. The first-order valence-electron chi connectivity index (χ1n) is 10.7. The number of benzene rings is 2. The molecule has 3 rings (SSSR count). The SMILES string of the molecule is CC(=O)NC1C(Oc2ccccc2-c2cccc(CS(=O)(=O)C(C)(F)F)c2)OC(CO)C(O)C1O. The van der Waals surface area contributed by atoms with Gasteiger partial charge >= 0.3 is 5.25 Å². The molecule has 12 heteroatoms. The Morgan fingerprint density at radius 3 is 2.46 bits per heavy atom. The molecule has 2 aromatic carbocycles. The van der Waals surface area contributed by atoms with Crippen LogP contribution in [0.1, 0.15) is 19.4 Å². The molecule has 0 radical (unpaired) electrons. The number of para-hydroxylation sites is 1. The van der Waals surface area contributed by atoms with Gasteiger partial charge in [0.2, 0.25) is 22.0 Å². The molecule has 1 fully saturated rings. The Balaban J connectivity index is 1.94. The summed E-state index contributed by atoms with van der Waals surface area (Å²) in [6.07, 6.45) is -5.48. The summed E-state index contributed by atoms with van der Waals surface area (Å²) >= 11 is 0. The molecule has 5 atom stereocenters. The number of hydrogen-bond acceptors (Lipinski definition) is 8. The zero-order chi connectivity index (χ0) is 26.0. The Hall–Kier alpha value is -2.64. The Bertz CT molecular complexity index is 1150. The van der Waals surface area contributed by atoms with Crippen LogP contribution in [0.25, 0.3) is 11.1 Å². The highest BCUT2D eigenvalue weighted by molar-refractivity contribution is 7.91. The van der Waals surface area contributed by atoms with Crippen molar-refractivity contribution in [3.63, 3.8) is 0 Å². The number of amides is 1. The van der Waals surface area contributed by atoms with E-state index in [2.05, 4.69) is 5.32 Å². The van der Waals surface area contributed by atoms with Gasteiger partial charge < -0.3 is 30.1 Å². The predicted octanol–water partition coefficient (Wildman–Crippen LogP) is 1.20. The van der Waals surface area contributed by atoms with Gasteiger partial charge in [-0.25, -0.2) is 8.42 Å². The monoisotopic (exact) mass is 515 g/mol. The summed E-state index contributed by atoms with van der Waals surface area (Å²) < 4.78 is 62.4. The van der Waals surface area contributed by atoms with Crippen molar-refractivity contribution in [3.05, 3.63) is 54.1 Å². The molecule has 5 unspecified atom stereocenters. The lowest BCUT2D eigenvalue weighted by atomic mass is 9.96. The molecule has 1 saturated heterocycles. The zero-order valence-electron chi connectivity index (χ0n) is 19.0. The lowest BCUT2D eigenvalue weighted by Crippen LogP contribution is -2.65. The molecule has 1 aliphatic heterocycles. The van der Waals surface area contributed by atoms with Gasteiger partial charge in [-0.1, -0.05) is 36.4 Å². The van der Waals surface area contributed by atoms with E-state index < -0.39 is 64.0 Å². The highest BCUT2D eigenvalue weighted by atomic mass is 32.2. The van der Waals surface area contributed by atoms with Crippen LogP contribution in [-0.2, 0) is 25.1 Å². The van der Waals surface area contributed by atoms with Crippen LogP contribution in [0.15, 0.2) is 48.5 Å². The number of aliphatic hydroxyl groups excluding tert-OH is 3. The second kappa shape index (κ2) is 10.5. The van der Waals surface area contributed by atoms with E-state index >= 15 is 0 Å². The van der Waals surface area contributed by atoms with Gasteiger partial charge in [0, 0.05) is 19.4 Å². The van der Waals surface area contributed by atoms with Crippen LogP contribution in [0.4, 0.5) is 8.78 Å². The predicted molar refractivity (Wildman–Crippen MR) is 121 cm³/mol. The fourth-order valence-corrected chi connectivity index (χ4v) is 4.55. The molecule has 0 spiro atoms. The van der Waals surface area contributed by atoms with Gasteiger partial charge in [0.05, 0.1) is 12.4 Å². The van der Waals surface area contributed by atoms with Crippen LogP contribution in [0.2, 0.25) is 0 Å². The maximum Gasteiger partial charge on any atom is 0.343 e. The summed E-state index contributed by atoms with van der Waals surface area (Å²) in [5.74, 6) is -1.18. The third-order valence-corrected chi connectivity index (χ3v) is 7.33. The highest BCUT2D eigenvalue weighted by Gasteiger charge is 2.46. The molecule has 35 heavy (non-hydrogen) atoms. The minimum atomic E-state index is -4.72. The molecule has 1 amide bonds. The molecule has 0 saturated carbocycles. The molecule has 1 aliphatic rings. The maximum absolute atomic E-state index is 13.5. The lowest BCUT2D eigenvalue weighted by molar-refractivity contribution is -0.244. The molecule has 0 aromatic heterocycles. The number of carbonyl (C=O) groups excluding carboxylic acids is 1. The fraction of sp³-hybridized carbons (Fsp3) is 0.435. The van der Waals surface area contributed by atoms with E-state index in [0.717, 1.165) is 0 Å². The van der Waals surface area contributed by atoms with Crippen molar-refractivity contribution in [1.82, 2.24) is 5.32 Å². The van der Waals surface area contributed by atoms with E-state index in [9.17, 15) is 37.3 Å². The lowest BCUT2D eigenvalue weighted by Gasteiger charge is -2.42. The standard InChI is InChI=1S/C23H27F2NO8S/c1-13(28)26-19-21(30)20(29)18(11-27)34-22(19)33-17-9-4-3-8-16(17)15-7-5-6-14(10-15)12-35(31,32)23(2,24)25/h3-10,18-22,27,29-30H,11-12H2,1-2H3,(H,26,28). The summed E-state index contributed by atoms with van der Waals surface area (Å²) in [6.45, 7) is 0.919. The topological polar surface area (TPSA) is 142 Å². The minimum Gasteiger partial charge on any atom is -0.462 e. The minimum absolute atomic E-state index is 0.141. The average molecular weight is 516 g/mol. The van der Waals surface area contributed by atoms with Gasteiger partial charge in [-0.15, -0.1) is 0 Å². The number of aliphatic hydroxyl groups is 3. The summed E-state index contributed by atoms with van der Waals surface area (Å²) in [7, 11) is -4.72. The van der Waals surface area contributed by atoms with Crippen molar-refractivity contribution in [2.75, 3.05) is 6.61 Å². The van der Waals surface area contributed by atoms with Gasteiger partial charge in [0.15, 0.2) is 0 Å². The third-order valence-electron chi connectivity index (χ3n) is 5.52. The molecule has 0 aliphatic carbocycles. The van der Waals surface area contributed by atoms with E-state index in [1.807, 2.05) is 0 Å². The molecule has 2 aromatic rings. The van der Waals surface area contributed by atoms with Crippen LogP contribution < -0.4 is 10.1 Å². The van der Waals surface area contributed by atoms with Gasteiger partial charge in [-0.2, -0.15) is 8.78 Å². The second-order valence-electron chi connectivity index (χ2n) is 8.31. The van der Waals surface area contributed by atoms with Gasteiger partial charge in [-0.05, 0) is 23.3 Å². The number of rotatable bonds is 8. The van der Waals surface area contributed by atoms with Crippen molar-refractivity contribution >= 4 is 15.7 Å². The first-order valence-corrected chi connectivity index (χ1v) is 12.3. The summed E-state index contributed by atoms with van der Waals surface area (Å²) in [5.41, 5.74) is 1.04. The van der Waals surface area contributed by atoms with E-state index in [1.165, 1.54) is 25.1 Å². The van der Waals surface area contributed by atoms with E-state index in [4.69, 9.17) is 9.47 Å². The molecule has 1 heterocycles. The summed E-state index contributed by atoms with van der Waals surface area (Å²) in [4.78, 5) is 11.7. The summed E-state index contributed by atoms with van der Waals surface area (Å²) in [5, 5.41) is 28.7. The van der Waals surface area contributed by atoms with Crippen LogP contribution in [0, 0.1) is 0 Å². The van der Waals surface area contributed by atoms with Gasteiger partial charge in [0.1, 0.15) is 30.1 Å². The number of nitrogens with one attached hydrogen (secondary N) is 1. The molecule has 9 nitrogen and oxygen atoms in total. The molecular formula is C23H27F2NO8S. The Morgan fingerprint density at radius 2 is 1.83 bits per heavy atom. The van der Waals surface area contributed by atoms with Gasteiger partial charge in [-0.3, -0.25) is 4.79 Å². The van der Waals surface area contributed by atoms with E-state index in [0.29, 0.717) is 18.1 Å². The average Bonchev–Trinajstić information content (AvgIpc) is 2.78. The Kier molecular flexibility index (Phi) is 8.12. The van der Waals surface area contributed by atoms with Crippen LogP contribution in [0.3, 0.4) is 0 Å². The number of halogens is 2. The normalized spacial score (nSPS) is 25.2. The highest BCUT2D eigenvalue weighted by Crippen LogP contribution is 2.34. The Labute approximate surface area is 201 Å². The molecule has 192 valence electrons. The van der Waals surface area contributed by atoms with Crippen LogP contribution in [0.5, 0.6) is 5.75 Å². The van der Waals surface area contributed by atoms with Crippen molar-refractivity contribution in [2.24, 2.45) is 0 Å².